The highest BCUT2D eigenvalue weighted by Crippen LogP contribution is 2.32. The van der Waals surface area contributed by atoms with Gasteiger partial charge in [0.25, 0.3) is 0 Å². The summed E-state index contributed by atoms with van der Waals surface area (Å²) in [6, 6.07) is 4.58. The first-order chi connectivity index (χ1) is 6.68. The first-order valence-electron chi connectivity index (χ1n) is 4.38. The zero-order valence-corrected chi connectivity index (χ0v) is 9.04. The highest BCUT2D eigenvalue weighted by molar-refractivity contribution is 6.00. The second kappa shape index (κ2) is 4.51. The standard InChI is InChI=1S/C10H11NO3.ClH/c1-6(11)10(12)7-2-3-8-9(4-7)14-5-13-8;/h2-4,6H,5,11H2,1H3;1H. The first-order valence-corrected chi connectivity index (χ1v) is 4.38. The average molecular weight is 230 g/mol. The molecule has 1 atom stereocenters. The summed E-state index contributed by atoms with van der Waals surface area (Å²) >= 11 is 0. The summed E-state index contributed by atoms with van der Waals surface area (Å²) in [5.74, 6) is 1.19. The number of hydrogen-bond acceptors (Lipinski definition) is 4. The minimum absolute atomic E-state index is 0. The minimum atomic E-state index is -0.490. The van der Waals surface area contributed by atoms with Crippen LogP contribution in [-0.4, -0.2) is 18.6 Å². The van der Waals surface area contributed by atoms with E-state index in [2.05, 4.69) is 0 Å². The van der Waals surface area contributed by atoms with Gasteiger partial charge in [0.2, 0.25) is 6.79 Å². The van der Waals surface area contributed by atoms with E-state index in [0.717, 1.165) is 0 Å². The van der Waals surface area contributed by atoms with Gasteiger partial charge in [0.05, 0.1) is 6.04 Å². The summed E-state index contributed by atoms with van der Waals surface area (Å²) in [7, 11) is 0. The lowest BCUT2D eigenvalue weighted by Gasteiger charge is -2.04. The smallest absolute Gasteiger partial charge is 0.231 e. The second-order valence-corrected chi connectivity index (χ2v) is 3.22. The molecule has 1 aliphatic rings. The van der Waals surface area contributed by atoms with Crippen LogP contribution in [0.1, 0.15) is 17.3 Å². The highest BCUT2D eigenvalue weighted by Gasteiger charge is 2.17. The second-order valence-electron chi connectivity index (χ2n) is 3.22. The molecule has 5 heteroatoms. The van der Waals surface area contributed by atoms with Gasteiger partial charge >= 0.3 is 0 Å². The van der Waals surface area contributed by atoms with Crippen LogP contribution in [0.5, 0.6) is 11.5 Å². The largest absolute Gasteiger partial charge is 0.454 e. The summed E-state index contributed by atoms with van der Waals surface area (Å²) in [5, 5.41) is 0. The van der Waals surface area contributed by atoms with E-state index in [4.69, 9.17) is 15.2 Å². The molecule has 1 aromatic rings. The van der Waals surface area contributed by atoms with Gasteiger partial charge in [-0.1, -0.05) is 0 Å². The molecular weight excluding hydrogens is 218 g/mol. The van der Waals surface area contributed by atoms with Gasteiger partial charge in [-0.3, -0.25) is 4.79 Å². The van der Waals surface area contributed by atoms with Gasteiger partial charge in [0.15, 0.2) is 17.3 Å². The quantitative estimate of drug-likeness (QED) is 0.778. The Kier molecular flexibility index (Phi) is 3.55. The monoisotopic (exact) mass is 229 g/mol. The van der Waals surface area contributed by atoms with E-state index in [1.54, 1.807) is 25.1 Å². The molecule has 15 heavy (non-hydrogen) atoms. The lowest BCUT2D eigenvalue weighted by atomic mass is 10.1. The number of nitrogens with two attached hydrogens (primary N) is 1. The third kappa shape index (κ3) is 2.22. The molecule has 4 nitrogen and oxygen atoms in total. The van der Waals surface area contributed by atoms with Crippen LogP contribution in [0.2, 0.25) is 0 Å². The normalized spacial score (nSPS) is 14.3. The molecule has 82 valence electrons. The molecule has 0 aromatic heterocycles. The van der Waals surface area contributed by atoms with E-state index < -0.39 is 6.04 Å². The van der Waals surface area contributed by atoms with Gasteiger partial charge in [-0.15, -0.1) is 12.4 Å². The Morgan fingerprint density at radius 3 is 2.73 bits per heavy atom. The van der Waals surface area contributed by atoms with E-state index in [0.29, 0.717) is 17.1 Å². The zero-order valence-electron chi connectivity index (χ0n) is 8.23. The number of ketones is 1. The molecule has 0 saturated heterocycles. The average Bonchev–Trinajstić information content (AvgIpc) is 2.62. The zero-order chi connectivity index (χ0) is 10.1. The van der Waals surface area contributed by atoms with Crippen LogP contribution in [0.15, 0.2) is 18.2 Å². The summed E-state index contributed by atoms with van der Waals surface area (Å²) in [6.07, 6.45) is 0. The Morgan fingerprint density at radius 1 is 1.40 bits per heavy atom. The van der Waals surface area contributed by atoms with E-state index in [9.17, 15) is 4.79 Å². The molecule has 0 spiro atoms. The Morgan fingerprint density at radius 2 is 2.07 bits per heavy atom. The van der Waals surface area contributed by atoms with Crippen LogP contribution in [0, 0.1) is 0 Å². The number of Topliss-reactive ketones (excluding diaryl/α,β-unsaturated/α-hetero) is 1. The van der Waals surface area contributed by atoms with Crippen molar-refractivity contribution in [2.24, 2.45) is 5.73 Å². The van der Waals surface area contributed by atoms with Gasteiger partial charge in [-0.05, 0) is 25.1 Å². The molecule has 1 heterocycles. The van der Waals surface area contributed by atoms with Crippen molar-refractivity contribution >= 4 is 18.2 Å². The fourth-order valence-corrected chi connectivity index (χ4v) is 1.31. The Bertz CT molecular complexity index is 379. The van der Waals surface area contributed by atoms with Crippen molar-refractivity contribution in [2.45, 2.75) is 13.0 Å². The Hall–Kier alpha value is -1.26. The van der Waals surface area contributed by atoms with E-state index in [-0.39, 0.29) is 25.0 Å². The number of fused-ring (bicyclic) bond motifs is 1. The van der Waals surface area contributed by atoms with Gasteiger partial charge < -0.3 is 15.2 Å². The topological polar surface area (TPSA) is 61.6 Å². The lowest BCUT2D eigenvalue weighted by Crippen LogP contribution is -2.26. The summed E-state index contributed by atoms with van der Waals surface area (Å²) in [6.45, 7) is 1.87. The maximum atomic E-state index is 11.5. The summed E-state index contributed by atoms with van der Waals surface area (Å²) in [4.78, 5) is 11.5. The molecule has 0 fully saturated rings. The third-order valence-electron chi connectivity index (χ3n) is 2.07. The van der Waals surface area contributed by atoms with Gasteiger partial charge in [-0.2, -0.15) is 0 Å². The molecule has 1 unspecified atom stereocenters. The number of halogens is 1. The van der Waals surface area contributed by atoms with Crippen molar-refractivity contribution in [1.82, 2.24) is 0 Å². The fraction of sp³-hybridized carbons (Fsp3) is 0.300. The number of carbonyl (C=O) groups excluding carboxylic acids is 1. The number of rotatable bonds is 2. The molecule has 2 N–H and O–H groups in total. The van der Waals surface area contributed by atoms with Crippen molar-refractivity contribution in [3.8, 4) is 11.5 Å². The van der Waals surface area contributed by atoms with E-state index >= 15 is 0 Å². The van der Waals surface area contributed by atoms with Crippen LogP contribution in [0.3, 0.4) is 0 Å². The lowest BCUT2D eigenvalue weighted by molar-refractivity contribution is 0.0967. The van der Waals surface area contributed by atoms with Crippen LogP contribution in [-0.2, 0) is 0 Å². The van der Waals surface area contributed by atoms with Crippen molar-refractivity contribution in [3.05, 3.63) is 23.8 Å². The van der Waals surface area contributed by atoms with Crippen molar-refractivity contribution in [3.63, 3.8) is 0 Å². The number of ether oxygens (including phenoxy) is 2. The minimum Gasteiger partial charge on any atom is -0.454 e. The maximum absolute atomic E-state index is 11.5. The molecule has 0 amide bonds. The van der Waals surface area contributed by atoms with Crippen LogP contribution in [0.4, 0.5) is 0 Å². The Balaban J connectivity index is 0.00000112. The fourth-order valence-electron chi connectivity index (χ4n) is 1.31. The molecule has 0 bridgehead atoms. The molecule has 1 aromatic carbocycles. The molecular formula is C10H12ClNO3. The van der Waals surface area contributed by atoms with Crippen LogP contribution in [0.25, 0.3) is 0 Å². The Labute approximate surface area is 93.8 Å². The summed E-state index contributed by atoms with van der Waals surface area (Å²) < 4.78 is 10.3. The van der Waals surface area contributed by atoms with E-state index in [1.807, 2.05) is 0 Å². The van der Waals surface area contributed by atoms with Crippen LogP contribution < -0.4 is 15.2 Å². The van der Waals surface area contributed by atoms with Gasteiger partial charge in [-0.25, -0.2) is 0 Å². The molecule has 0 saturated carbocycles. The maximum Gasteiger partial charge on any atom is 0.231 e. The molecule has 0 aliphatic carbocycles. The molecule has 1 aliphatic heterocycles. The number of carbonyl (C=O) groups is 1. The van der Waals surface area contributed by atoms with Crippen LogP contribution >= 0.6 is 12.4 Å². The van der Waals surface area contributed by atoms with Crippen molar-refractivity contribution in [2.75, 3.05) is 6.79 Å². The predicted molar refractivity (Wildman–Crippen MR) is 57.8 cm³/mol. The SMILES string of the molecule is CC(N)C(=O)c1ccc2c(c1)OCO2.Cl. The highest BCUT2D eigenvalue weighted by atomic mass is 35.5. The predicted octanol–water partition coefficient (Wildman–Crippen LogP) is 1.37. The third-order valence-corrected chi connectivity index (χ3v) is 2.07. The first kappa shape index (κ1) is 11.8. The van der Waals surface area contributed by atoms with E-state index in [1.165, 1.54) is 0 Å². The molecule has 0 radical (unpaired) electrons. The van der Waals surface area contributed by atoms with Gasteiger partial charge in [0.1, 0.15) is 0 Å². The molecule has 2 rings (SSSR count). The van der Waals surface area contributed by atoms with Crippen molar-refractivity contribution < 1.29 is 14.3 Å². The summed E-state index contributed by atoms with van der Waals surface area (Å²) in [5.41, 5.74) is 6.05. The number of hydrogen-bond donors (Lipinski definition) is 1. The number of benzene rings is 1. The van der Waals surface area contributed by atoms with Gasteiger partial charge in [0, 0.05) is 5.56 Å². The van der Waals surface area contributed by atoms with Crippen molar-refractivity contribution in [1.29, 1.82) is 0 Å².